The first-order chi connectivity index (χ1) is 8.60. The molecule has 2 aromatic rings. The van der Waals surface area contributed by atoms with Crippen LogP contribution < -0.4 is 11.3 Å². The quantitative estimate of drug-likeness (QED) is 0.609. The number of nitrogens with zero attached hydrogens (tertiary/aromatic N) is 4. The van der Waals surface area contributed by atoms with Crippen molar-refractivity contribution in [2.24, 2.45) is 12.9 Å². The number of aromatic nitrogens is 4. The van der Waals surface area contributed by atoms with Crippen LogP contribution in [-0.2, 0) is 13.5 Å². The molecule has 0 spiro atoms. The Bertz CT molecular complexity index is 533. The third kappa shape index (κ3) is 2.72. The Labute approximate surface area is 106 Å². The van der Waals surface area contributed by atoms with E-state index in [4.69, 9.17) is 5.84 Å². The van der Waals surface area contributed by atoms with E-state index in [9.17, 15) is 0 Å². The molecule has 96 valence electrons. The molecule has 0 bridgehead atoms. The Morgan fingerprint density at radius 3 is 2.72 bits per heavy atom. The number of aryl methyl sites for hydroxylation is 3. The molecule has 0 aliphatic carbocycles. The summed E-state index contributed by atoms with van der Waals surface area (Å²) in [6.45, 7) is 3.97. The Morgan fingerprint density at radius 1 is 1.39 bits per heavy atom. The Morgan fingerprint density at radius 2 is 2.17 bits per heavy atom. The molecule has 6 heteroatoms. The number of nitrogens with two attached hydrogens (primary N) is 1. The zero-order chi connectivity index (χ0) is 13.1. The van der Waals surface area contributed by atoms with Crippen LogP contribution in [0.2, 0.25) is 0 Å². The minimum absolute atomic E-state index is 0.00481. The van der Waals surface area contributed by atoms with Crippen molar-refractivity contribution in [3.8, 4) is 0 Å². The third-order valence-corrected chi connectivity index (χ3v) is 2.91. The van der Waals surface area contributed by atoms with Crippen molar-refractivity contribution < 1.29 is 0 Å². The van der Waals surface area contributed by atoms with Crippen molar-refractivity contribution in [2.45, 2.75) is 26.3 Å². The molecule has 2 aromatic heterocycles. The van der Waals surface area contributed by atoms with Crippen LogP contribution in [0.15, 0.2) is 18.3 Å². The minimum Gasteiger partial charge on any atom is -0.271 e. The van der Waals surface area contributed by atoms with Gasteiger partial charge in [0.1, 0.15) is 0 Å². The van der Waals surface area contributed by atoms with Gasteiger partial charge in [-0.1, -0.05) is 11.3 Å². The fraction of sp³-hybridized carbons (Fsp3) is 0.417. The number of hydrazine groups is 1. The van der Waals surface area contributed by atoms with Crippen molar-refractivity contribution in [3.63, 3.8) is 0 Å². The molecule has 2 rings (SSSR count). The maximum absolute atomic E-state index is 5.63. The SMILES string of the molecule is Cc1ccc(C(Cc2cn(C)nn2)NN)c(C)n1. The summed E-state index contributed by atoms with van der Waals surface area (Å²) in [6, 6.07) is 4.04. The first-order valence-electron chi connectivity index (χ1n) is 5.85. The second kappa shape index (κ2) is 5.24. The Hall–Kier alpha value is -1.79. The summed E-state index contributed by atoms with van der Waals surface area (Å²) in [4.78, 5) is 4.45. The van der Waals surface area contributed by atoms with Gasteiger partial charge >= 0.3 is 0 Å². The first kappa shape index (κ1) is 12.7. The zero-order valence-corrected chi connectivity index (χ0v) is 10.9. The minimum atomic E-state index is -0.00481. The molecular weight excluding hydrogens is 228 g/mol. The van der Waals surface area contributed by atoms with E-state index in [0.29, 0.717) is 6.42 Å². The van der Waals surface area contributed by atoms with Gasteiger partial charge in [0.25, 0.3) is 0 Å². The van der Waals surface area contributed by atoms with Crippen LogP contribution in [-0.4, -0.2) is 20.0 Å². The summed E-state index contributed by atoms with van der Waals surface area (Å²) in [5.41, 5.74) is 6.81. The maximum Gasteiger partial charge on any atom is 0.0846 e. The Kier molecular flexibility index (Phi) is 3.69. The third-order valence-electron chi connectivity index (χ3n) is 2.91. The number of hydrogen-bond donors (Lipinski definition) is 2. The summed E-state index contributed by atoms with van der Waals surface area (Å²) < 4.78 is 1.68. The highest BCUT2D eigenvalue weighted by molar-refractivity contribution is 5.26. The molecule has 0 amide bonds. The smallest absolute Gasteiger partial charge is 0.0846 e. The monoisotopic (exact) mass is 246 g/mol. The molecule has 2 heterocycles. The molecule has 0 saturated heterocycles. The summed E-state index contributed by atoms with van der Waals surface area (Å²) >= 11 is 0. The average Bonchev–Trinajstić information content (AvgIpc) is 2.72. The molecule has 0 aliphatic heterocycles. The summed E-state index contributed by atoms with van der Waals surface area (Å²) in [5, 5.41) is 7.99. The van der Waals surface area contributed by atoms with Crippen LogP contribution in [0.1, 0.15) is 28.7 Å². The first-order valence-corrected chi connectivity index (χ1v) is 5.85. The van der Waals surface area contributed by atoms with E-state index in [1.165, 1.54) is 0 Å². The molecule has 1 atom stereocenters. The van der Waals surface area contributed by atoms with Crippen LogP contribution in [0.3, 0.4) is 0 Å². The van der Waals surface area contributed by atoms with Crippen LogP contribution in [0, 0.1) is 13.8 Å². The predicted molar refractivity (Wildman–Crippen MR) is 68.5 cm³/mol. The molecule has 6 nitrogen and oxygen atoms in total. The van der Waals surface area contributed by atoms with Gasteiger partial charge in [-0.2, -0.15) is 0 Å². The maximum atomic E-state index is 5.63. The molecule has 18 heavy (non-hydrogen) atoms. The van der Waals surface area contributed by atoms with Crippen molar-refractivity contribution in [2.75, 3.05) is 0 Å². The normalized spacial score (nSPS) is 12.7. The lowest BCUT2D eigenvalue weighted by atomic mass is 10.0. The largest absolute Gasteiger partial charge is 0.271 e. The fourth-order valence-electron chi connectivity index (χ4n) is 2.02. The number of pyridine rings is 1. The molecule has 0 radical (unpaired) electrons. The molecule has 0 saturated carbocycles. The van der Waals surface area contributed by atoms with Crippen molar-refractivity contribution >= 4 is 0 Å². The van der Waals surface area contributed by atoms with Crippen LogP contribution in [0.5, 0.6) is 0 Å². The molecule has 0 aliphatic rings. The van der Waals surface area contributed by atoms with Crippen molar-refractivity contribution in [3.05, 3.63) is 41.0 Å². The summed E-state index contributed by atoms with van der Waals surface area (Å²) in [5.74, 6) is 5.63. The van der Waals surface area contributed by atoms with Gasteiger partial charge in [-0.05, 0) is 25.5 Å². The Balaban J connectivity index is 2.22. The van der Waals surface area contributed by atoms with E-state index in [0.717, 1.165) is 22.6 Å². The van der Waals surface area contributed by atoms with Gasteiger partial charge in [-0.15, -0.1) is 5.10 Å². The molecule has 3 N–H and O–H groups in total. The highest BCUT2D eigenvalue weighted by Crippen LogP contribution is 2.19. The molecule has 0 aromatic carbocycles. The van der Waals surface area contributed by atoms with Gasteiger partial charge in [0.2, 0.25) is 0 Å². The average molecular weight is 246 g/mol. The number of rotatable bonds is 4. The molecule has 0 fully saturated rings. The van der Waals surface area contributed by atoms with Gasteiger partial charge in [-0.3, -0.25) is 20.9 Å². The second-order valence-electron chi connectivity index (χ2n) is 4.43. The van der Waals surface area contributed by atoms with E-state index < -0.39 is 0 Å². The van der Waals surface area contributed by atoms with Crippen LogP contribution in [0.4, 0.5) is 0 Å². The van der Waals surface area contributed by atoms with Crippen LogP contribution >= 0.6 is 0 Å². The van der Waals surface area contributed by atoms with E-state index in [-0.39, 0.29) is 6.04 Å². The number of nitrogens with one attached hydrogen (secondary N) is 1. The van der Waals surface area contributed by atoms with Gasteiger partial charge in [0, 0.05) is 31.1 Å². The van der Waals surface area contributed by atoms with Crippen molar-refractivity contribution in [1.29, 1.82) is 0 Å². The summed E-state index contributed by atoms with van der Waals surface area (Å²) in [7, 11) is 1.85. The lowest BCUT2D eigenvalue weighted by molar-refractivity contribution is 0.540. The van der Waals surface area contributed by atoms with E-state index in [1.807, 2.05) is 33.2 Å². The molecular formula is C12H18N6. The van der Waals surface area contributed by atoms with E-state index >= 15 is 0 Å². The lowest BCUT2D eigenvalue weighted by Gasteiger charge is -2.17. The van der Waals surface area contributed by atoms with Crippen LogP contribution in [0.25, 0.3) is 0 Å². The number of hydrogen-bond acceptors (Lipinski definition) is 5. The van der Waals surface area contributed by atoms with E-state index in [2.05, 4.69) is 26.8 Å². The topological polar surface area (TPSA) is 81.7 Å². The van der Waals surface area contributed by atoms with Crippen molar-refractivity contribution in [1.82, 2.24) is 25.4 Å². The second-order valence-corrected chi connectivity index (χ2v) is 4.43. The molecule has 1 unspecified atom stereocenters. The van der Waals surface area contributed by atoms with Gasteiger partial charge in [0.15, 0.2) is 0 Å². The predicted octanol–water partition coefficient (Wildman–Crippen LogP) is 0.574. The van der Waals surface area contributed by atoms with Gasteiger partial charge < -0.3 is 0 Å². The standard InChI is InChI=1S/C12H18N6/c1-8-4-5-11(9(2)14-8)12(15-13)6-10-7-18(3)17-16-10/h4-5,7,12,15H,6,13H2,1-3H3. The van der Waals surface area contributed by atoms with E-state index in [1.54, 1.807) is 4.68 Å². The highest BCUT2D eigenvalue weighted by Gasteiger charge is 2.15. The summed E-state index contributed by atoms with van der Waals surface area (Å²) in [6.07, 6.45) is 2.58. The van der Waals surface area contributed by atoms with Gasteiger partial charge in [0.05, 0.1) is 11.7 Å². The highest BCUT2D eigenvalue weighted by atomic mass is 15.4. The fourth-order valence-corrected chi connectivity index (χ4v) is 2.02. The van der Waals surface area contributed by atoms with Gasteiger partial charge in [-0.25, -0.2) is 0 Å². The zero-order valence-electron chi connectivity index (χ0n) is 10.9. The lowest BCUT2D eigenvalue weighted by Crippen LogP contribution is -2.30.